The smallest absolute Gasteiger partial charge is 0.416 e. The normalized spacial score (nSPS) is 23.4. The molecular weight excluding hydrogens is 361 g/mol. The number of ether oxygens (including phenoxy) is 1. The summed E-state index contributed by atoms with van der Waals surface area (Å²) in [6, 6.07) is 4.10. The van der Waals surface area contributed by atoms with Crippen molar-refractivity contribution >= 4 is 12.0 Å². The summed E-state index contributed by atoms with van der Waals surface area (Å²) in [7, 11) is 0. The zero-order valence-electron chi connectivity index (χ0n) is 14.9. The van der Waals surface area contributed by atoms with Crippen LogP contribution in [-0.2, 0) is 10.9 Å². The Morgan fingerprint density at radius 3 is 2.48 bits per heavy atom. The van der Waals surface area contributed by atoms with Crippen LogP contribution in [0.4, 0.5) is 18.0 Å². The number of carbonyl (C=O) groups is 2. The summed E-state index contributed by atoms with van der Waals surface area (Å²) < 4.78 is 42.9. The second kappa shape index (κ2) is 8.29. The Morgan fingerprint density at radius 2 is 1.78 bits per heavy atom. The van der Waals surface area contributed by atoms with E-state index in [-0.39, 0.29) is 18.1 Å². The van der Waals surface area contributed by atoms with E-state index >= 15 is 0 Å². The Kier molecular flexibility index (Phi) is 6.04. The van der Waals surface area contributed by atoms with Crippen molar-refractivity contribution in [2.24, 2.45) is 5.92 Å². The molecule has 0 unspecified atom stereocenters. The Hall–Kier alpha value is -2.09. The van der Waals surface area contributed by atoms with Crippen molar-refractivity contribution < 1.29 is 27.5 Å². The maximum Gasteiger partial charge on any atom is 0.416 e. The number of hydrogen-bond donors (Lipinski definition) is 1. The number of alkyl halides is 3. The lowest BCUT2D eigenvalue weighted by Gasteiger charge is -2.44. The van der Waals surface area contributed by atoms with E-state index in [1.165, 1.54) is 12.8 Å². The molecule has 2 amide bonds. The lowest BCUT2D eigenvalue weighted by Crippen LogP contribution is -2.49. The Morgan fingerprint density at radius 1 is 1.07 bits per heavy atom. The number of amides is 2. The van der Waals surface area contributed by atoms with Crippen molar-refractivity contribution in [3.8, 4) is 0 Å². The summed E-state index contributed by atoms with van der Waals surface area (Å²) in [5, 5.41) is 2.07. The maximum atomic E-state index is 12.5. The molecule has 1 aromatic carbocycles. The van der Waals surface area contributed by atoms with Crippen LogP contribution in [0.1, 0.15) is 48.0 Å². The SMILES string of the molecule is O=C(NC(=O)c1ccc(C(F)(F)F)cc1)OC[C@@H]1CCCN2CCCC[C@@H]12. The van der Waals surface area contributed by atoms with Crippen molar-refractivity contribution in [3.05, 3.63) is 35.4 Å². The van der Waals surface area contributed by atoms with E-state index in [0.29, 0.717) is 6.04 Å². The van der Waals surface area contributed by atoms with Crippen LogP contribution >= 0.6 is 0 Å². The molecule has 0 spiro atoms. The molecule has 0 saturated carbocycles. The molecule has 2 aliphatic rings. The van der Waals surface area contributed by atoms with E-state index in [1.807, 2.05) is 0 Å². The predicted molar refractivity (Wildman–Crippen MR) is 92.2 cm³/mol. The van der Waals surface area contributed by atoms with Crippen molar-refractivity contribution in [2.75, 3.05) is 19.7 Å². The molecular formula is C19H23F3N2O3. The first-order valence-electron chi connectivity index (χ1n) is 9.24. The first-order valence-corrected chi connectivity index (χ1v) is 9.24. The minimum atomic E-state index is -4.47. The molecule has 0 bridgehead atoms. The van der Waals surface area contributed by atoms with E-state index < -0.39 is 23.7 Å². The molecule has 1 N–H and O–H groups in total. The van der Waals surface area contributed by atoms with Crippen LogP contribution in [0.15, 0.2) is 24.3 Å². The third kappa shape index (κ3) is 5.00. The van der Waals surface area contributed by atoms with Crippen LogP contribution in [0.3, 0.4) is 0 Å². The van der Waals surface area contributed by atoms with Gasteiger partial charge in [-0.2, -0.15) is 13.2 Å². The van der Waals surface area contributed by atoms with Gasteiger partial charge in [-0.25, -0.2) is 4.79 Å². The van der Waals surface area contributed by atoms with Crippen molar-refractivity contribution in [2.45, 2.75) is 44.3 Å². The fraction of sp³-hybridized carbons (Fsp3) is 0.579. The van der Waals surface area contributed by atoms with Crippen LogP contribution in [0.25, 0.3) is 0 Å². The monoisotopic (exact) mass is 384 g/mol. The molecule has 2 atom stereocenters. The van der Waals surface area contributed by atoms with Gasteiger partial charge in [0.25, 0.3) is 5.91 Å². The van der Waals surface area contributed by atoms with Crippen LogP contribution in [0.2, 0.25) is 0 Å². The third-order valence-electron chi connectivity index (χ3n) is 5.35. The summed E-state index contributed by atoms with van der Waals surface area (Å²) >= 11 is 0. The summed E-state index contributed by atoms with van der Waals surface area (Å²) in [6.45, 7) is 2.41. The fourth-order valence-electron chi connectivity index (χ4n) is 3.97. The van der Waals surface area contributed by atoms with Crippen molar-refractivity contribution in [1.29, 1.82) is 0 Å². The molecule has 0 aromatic heterocycles. The van der Waals surface area contributed by atoms with E-state index in [4.69, 9.17) is 4.74 Å². The molecule has 2 saturated heterocycles. The standard InChI is InChI=1S/C19H23F3N2O3/c20-19(21,22)15-8-6-13(7-9-15)17(25)23-18(26)27-12-14-4-3-11-24-10-2-1-5-16(14)24/h6-9,14,16H,1-5,10-12H2,(H,23,25,26)/t14-,16-/m0/s1. The van der Waals surface area contributed by atoms with Gasteiger partial charge in [0.1, 0.15) is 0 Å². The molecule has 2 fully saturated rings. The molecule has 2 aliphatic heterocycles. The first kappa shape index (κ1) is 19.7. The average molecular weight is 384 g/mol. The zero-order valence-corrected chi connectivity index (χ0v) is 14.9. The molecule has 27 heavy (non-hydrogen) atoms. The van der Waals surface area contributed by atoms with Gasteiger partial charge in [-0.05, 0) is 63.0 Å². The Labute approximate surface area is 155 Å². The van der Waals surface area contributed by atoms with Gasteiger partial charge in [0.05, 0.1) is 12.2 Å². The first-order chi connectivity index (χ1) is 12.8. The van der Waals surface area contributed by atoms with Gasteiger partial charge in [0.15, 0.2) is 0 Å². The number of halogens is 3. The molecule has 1 aromatic rings. The number of hydrogen-bond acceptors (Lipinski definition) is 4. The average Bonchev–Trinajstić information content (AvgIpc) is 2.65. The van der Waals surface area contributed by atoms with Crippen molar-refractivity contribution in [1.82, 2.24) is 10.2 Å². The molecule has 8 heteroatoms. The molecule has 0 aliphatic carbocycles. The highest BCUT2D eigenvalue weighted by Crippen LogP contribution is 2.31. The number of rotatable bonds is 3. The predicted octanol–water partition coefficient (Wildman–Crippen LogP) is 3.84. The molecule has 3 rings (SSSR count). The van der Waals surface area contributed by atoms with Crippen LogP contribution in [0.5, 0.6) is 0 Å². The van der Waals surface area contributed by atoms with Gasteiger partial charge in [-0.1, -0.05) is 6.42 Å². The van der Waals surface area contributed by atoms with Gasteiger partial charge < -0.3 is 4.74 Å². The maximum absolute atomic E-state index is 12.5. The summed E-state index contributed by atoms with van der Waals surface area (Å²) in [6.07, 6.45) is 0.189. The number of piperidine rings is 2. The highest BCUT2D eigenvalue weighted by atomic mass is 19.4. The minimum Gasteiger partial charge on any atom is -0.449 e. The van der Waals surface area contributed by atoms with Gasteiger partial charge >= 0.3 is 12.3 Å². The molecule has 148 valence electrons. The topological polar surface area (TPSA) is 58.6 Å². The number of fused-ring (bicyclic) bond motifs is 1. The lowest BCUT2D eigenvalue weighted by molar-refractivity contribution is -0.137. The summed E-state index contributed by atoms with van der Waals surface area (Å²) in [5.74, 6) is -0.525. The van der Waals surface area contributed by atoms with E-state index in [0.717, 1.165) is 56.6 Å². The van der Waals surface area contributed by atoms with E-state index in [2.05, 4.69) is 10.2 Å². The van der Waals surface area contributed by atoms with Crippen LogP contribution in [0, 0.1) is 5.92 Å². The second-order valence-corrected chi connectivity index (χ2v) is 7.13. The van der Waals surface area contributed by atoms with Gasteiger partial charge in [-0.3, -0.25) is 15.0 Å². The Balaban J connectivity index is 1.49. The highest BCUT2D eigenvalue weighted by molar-refractivity contribution is 6.02. The lowest BCUT2D eigenvalue weighted by atomic mass is 9.84. The summed E-state index contributed by atoms with van der Waals surface area (Å²) in [4.78, 5) is 26.4. The number of nitrogens with zero attached hydrogens (tertiary/aromatic N) is 1. The van der Waals surface area contributed by atoms with Crippen LogP contribution < -0.4 is 5.32 Å². The van der Waals surface area contributed by atoms with Crippen molar-refractivity contribution in [3.63, 3.8) is 0 Å². The largest absolute Gasteiger partial charge is 0.449 e. The summed E-state index contributed by atoms with van der Waals surface area (Å²) in [5.41, 5.74) is -0.882. The number of imide groups is 1. The van der Waals surface area contributed by atoms with Crippen LogP contribution in [-0.4, -0.2) is 42.6 Å². The van der Waals surface area contributed by atoms with Gasteiger partial charge in [0.2, 0.25) is 0 Å². The minimum absolute atomic E-state index is 0.0314. The number of nitrogens with one attached hydrogen (secondary N) is 1. The Bertz CT molecular complexity index is 674. The number of benzene rings is 1. The molecule has 0 radical (unpaired) electrons. The number of carbonyl (C=O) groups excluding carboxylic acids is 2. The highest BCUT2D eigenvalue weighted by Gasteiger charge is 2.34. The third-order valence-corrected chi connectivity index (χ3v) is 5.35. The van der Waals surface area contributed by atoms with Gasteiger partial charge in [0, 0.05) is 17.5 Å². The molecule has 2 heterocycles. The molecule has 5 nitrogen and oxygen atoms in total. The van der Waals surface area contributed by atoms with E-state index in [9.17, 15) is 22.8 Å². The zero-order chi connectivity index (χ0) is 19.4. The van der Waals surface area contributed by atoms with E-state index in [1.54, 1.807) is 0 Å². The van der Waals surface area contributed by atoms with Gasteiger partial charge in [-0.15, -0.1) is 0 Å². The second-order valence-electron chi connectivity index (χ2n) is 7.13. The quantitative estimate of drug-likeness (QED) is 0.860. The number of alkyl carbamates (subject to hydrolysis) is 1. The fourth-order valence-corrected chi connectivity index (χ4v) is 3.97.